The van der Waals surface area contributed by atoms with Gasteiger partial charge in [0.25, 0.3) is 0 Å². The first kappa shape index (κ1) is 12.9. The Morgan fingerprint density at radius 1 is 1.05 bits per heavy atom. The molecule has 3 heteroatoms. The molecule has 2 nitrogen and oxygen atoms in total. The van der Waals surface area contributed by atoms with Crippen molar-refractivity contribution in [2.45, 2.75) is 18.3 Å². The van der Waals surface area contributed by atoms with Gasteiger partial charge in [-0.05, 0) is 41.6 Å². The maximum Gasteiger partial charge on any atom is 0.0647 e. The fourth-order valence-corrected chi connectivity index (χ4v) is 3.91. The van der Waals surface area contributed by atoms with Gasteiger partial charge in [0.05, 0.1) is 10.5 Å². The highest BCUT2D eigenvalue weighted by atomic mass is 35.5. The largest absolute Gasteiger partial charge is 0.360 e. The molecule has 0 saturated carbocycles. The van der Waals surface area contributed by atoms with Crippen molar-refractivity contribution < 1.29 is 0 Å². The predicted molar refractivity (Wildman–Crippen MR) is 88.0 cm³/mol. The maximum atomic E-state index is 6.28. The zero-order valence-electron chi connectivity index (χ0n) is 11.6. The summed E-state index contributed by atoms with van der Waals surface area (Å²) in [7, 11) is 0. The molecule has 21 heavy (non-hydrogen) atoms. The summed E-state index contributed by atoms with van der Waals surface area (Å²) in [4.78, 5) is 3.33. The van der Waals surface area contributed by atoms with Crippen molar-refractivity contribution in [1.82, 2.24) is 4.98 Å². The van der Waals surface area contributed by atoms with Gasteiger partial charge in [-0.1, -0.05) is 48.0 Å². The summed E-state index contributed by atoms with van der Waals surface area (Å²) in [5.74, 6) is 0.859. The van der Waals surface area contributed by atoms with Gasteiger partial charge in [-0.2, -0.15) is 0 Å². The van der Waals surface area contributed by atoms with Crippen LogP contribution < -0.4 is 5.73 Å². The van der Waals surface area contributed by atoms with E-state index in [0.29, 0.717) is 18.4 Å². The number of halogens is 1. The monoisotopic (exact) mass is 296 g/mol. The topological polar surface area (TPSA) is 41.8 Å². The lowest BCUT2D eigenvalue weighted by atomic mass is 9.92. The van der Waals surface area contributed by atoms with E-state index in [4.69, 9.17) is 17.3 Å². The van der Waals surface area contributed by atoms with Crippen LogP contribution in [0.25, 0.3) is 10.9 Å². The molecule has 0 saturated heterocycles. The van der Waals surface area contributed by atoms with Crippen LogP contribution in [0.5, 0.6) is 0 Å². The third-order valence-corrected chi connectivity index (χ3v) is 5.00. The minimum absolute atomic E-state index is 0.405. The second kappa shape index (κ2) is 4.90. The van der Waals surface area contributed by atoms with Crippen molar-refractivity contribution >= 4 is 22.5 Å². The standard InChI is InChI=1S/C18H17ClN2/c19-17-7-3-6-14-16(10-21-18(14)17)15-8-11(9-20)12-4-1-2-5-13(12)15/h1-7,10-11,15,21H,8-9,20H2/t11-,15-/m1/s1. The smallest absolute Gasteiger partial charge is 0.0647 e. The Kier molecular flexibility index (Phi) is 3.02. The second-order valence-corrected chi connectivity index (χ2v) is 6.16. The zero-order chi connectivity index (χ0) is 14.4. The molecule has 0 bridgehead atoms. The van der Waals surface area contributed by atoms with Gasteiger partial charge in [0, 0.05) is 17.5 Å². The number of aromatic amines is 1. The maximum absolute atomic E-state index is 6.28. The van der Waals surface area contributed by atoms with E-state index in [1.165, 1.54) is 22.1 Å². The normalized spacial score (nSPS) is 20.9. The summed E-state index contributed by atoms with van der Waals surface area (Å²) in [6.45, 7) is 0.705. The summed E-state index contributed by atoms with van der Waals surface area (Å²) < 4.78 is 0. The predicted octanol–water partition coefficient (Wildman–Crippen LogP) is 4.40. The van der Waals surface area contributed by atoms with E-state index in [0.717, 1.165) is 17.0 Å². The highest BCUT2D eigenvalue weighted by molar-refractivity contribution is 6.35. The molecule has 1 aliphatic carbocycles. The van der Waals surface area contributed by atoms with E-state index in [2.05, 4.69) is 41.5 Å². The molecule has 0 radical (unpaired) electrons. The van der Waals surface area contributed by atoms with Crippen LogP contribution in [0.3, 0.4) is 0 Å². The fourth-order valence-electron chi connectivity index (χ4n) is 3.68. The molecule has 1 aromatic heterocycles. The first-order chi connectivity index (χ1) is 10.3. The van der Waals surface area contributed by atoms with Crippen molar-refractivity contribution in [2.75, 3.05) is 6.54 Å². The van der Waals surface area contributed by atoms with Crippen LogP contribution in [0.2, 0.25) is 5.02 Å². The van der Waals surface area contributed by atoms with Gasteiger partial charge in [0.2, 0.25) is 0 Å². The Morgan fingerprint density at radius 2 is 1.86 bits per heavy atom. The van der Waals surface area contributed by atoms with Gasteiger partial charge >= 0.3 is 0 Å². The molecule has 0 spiro atoms. The molecule has 0 unspecified atom stereocenters. The summed E-state index contributed by atoms with van der Waals surface area (Å²) >= 11 is 6.28. The number of hydrogen-bond donors (Lipinski definition) is 2. The van der Waals surface area contributed by atoms with Crippen LogP contribution in [0.15, 0.2) is 48.7 Å². The second-order valence-electron chi connectivity index (χ2n) is 5.76. The molecule has 4 rings (SSSR count). The Hall–Kier alpha value is -1.77. The quantitative estimate of drug-likeness (QED) is 0.723. The van der Waals surface area contributed by atoms with Gasteiger partial charge in [0.1, 0.15) is 0 Å². The minimum atomic E-state index is 0.405. The number of para-hydroxylation sites is 1. The van der Waals surface area contributed by atoms with E-state index in [1.807, 2.05) is 12.1 Å². The van der Waals surface area contributed by atoms with Crippen LogP contribution in [-0.4, -0.2) is 11.5 Å². The minimum Gasteiger partial charge on any atom is -0.360 e. The number of rotatable bonds is 2. The first-order valence-corrected chi connectivity index (χ1v) is 7.71. The molecule has 0 fully saturated rings. The molecule has 0 aliphatic heterocycles. The molecule has 106 valence electrons. The van der Waals surface area contributed by atoms with E-state index in [1.54, 1.807) is 0 Å². The number of hydrogen-bond acceptors (Lipinski definition) is 1. The van der Waals surface area contributed by atoms with E-state index in [-0.39, 0.29) is 0 Å². The molecule has 2 atom stereocenters. The van der Waals surface area contributed by atoms with E-state index >= 15 is 0 Å². The van der Waals surface area contributed by atoms with Crippen molar-refractivity contribution in [1.29, 1.82) is 0 Å². The number of benzene rings is 2. The highest BCUT2D eigenvalue weighted by Gasteiger charge is 2.32. The number of aromatic nitrogens is 1. The van der Waals surface area contributed by atoms with Crippen molar-refractivity contribution in [2.24, 2.45) is 5.73 Å². The molecule has 0 amide bonds. The van der Waals surface area contributed by atoms with E-state index < -0.39 is 0 Å². The molecular formula is C18H17ClN2. The van der Waals surface area contributed by atoms with Gasteiger partial charge in [-0.25, -0.2) is 0 Å². The van der Waals surface area contributed by atoms with E-state index in [9.17, 15) is 0 Å². The lowest BCUT2D eigenvalue weighted by Crippen LogP contribution is -2.09. The zero-order valence-corrected chi connectivity index (χ0v) is 12.4. The van der Waals surface area contributed by atoms with Crippen LogP contribution >= 0.6 is 11.6 Å². The van der Waals surface area contributed by atoms with Crippen molar-refractivity contribution in [3.05, 3.63) is 70.4 Å². The Labute approximate surface area is 128 Å². The average Bonchev–Trinajstić information content (AvgIpc) is 3.09. The third-order valence-electron chi connectivity index (χ3n) is 4.69. The van der Waals surface area contributed by atoms with Crippen LogP contribution in [0.1, 0.15) is 34.9 Å². The van der Waals surface area contributed by atoms with Crippen molar-refractivity contribution in [3.8, 4) is 0 Å². The van der Waals surface area contributed by atoms with Gasteiger partial charge in [-0.15, -0.1) is 0 Å². The van der Waals surface area contributed by atoms with Gasteiger partial charge < -0.3 is 10.7 Å². The summed E-state index contributed by atoms with van der Waals surface area (Å²) in [6.07, 6.45) is 3.19. The fraction of sp³-hybridized carbons (Fsp3) is 0.222. The summed E-state index contributed by atoms with van der Waals surface area (Å²) in [6, 6.07) is 14.8. The van der Waals surface area contributed by atoms with Crippen LogP contribution in [-0.2, 0) is 0 Å². The van der Waals surface area contributed by atoms with Gasteiger partial charge in [0.15, 0.2) is 0 Å². The molecule has 1 heterocycles. The van der Waals surface area contributed by atoms with Crippen LogP contribution in [0.4, 0.5) is 0 Å². The molecule has 3 aromatic rings. The molecule has 2 aromatic carbocycles. The third kappa shape index (κ3) is 1.90. The summed E-state index contributed by atoms with van der Waals surface area (Å²) in [5, 5.41) is 2.00. The lowest BCUT2D eigenvalue weighted by molar-refractivity contribution is 0.647. The lowest BCUT2D eigenvalue weighted by Gasteiger charge is -2.11. The molecule has 1 aliphatic rings. The van der Waals surface area contributed by atoms with Gasteiger partial charge in [-0.3, -0.25) is 0 Å². The SMILES string of the molecule is NC[C@H]1C[C@@H](c2c[nH]c3c(Cl)cccc23)c2ccccc21. The van der Waals surface area contributed by atoms with Crippen molar-refractivity contribution in [3.63, 3.8) is 0 Å². The number of fused-ring (bicyclic) bond motifs is 2. The van der Waals surface area contributed by atoms with Crippen LogP contribution in [0, 0.1) is 0 Å². The number of H-pyrrole nitrogens is 1. The Balaban J connectivity index is 1.89. The summed E-state index contributed by atoms with van der Waals surface area (Å²) in [5.41, 5.74) is 11.1. The highest BCUT2D eigenvalue weighted by Crippen LogP contribution is 2.46. The number of nitrogens with two attached hydrogens (primary N) is 1. The molecular weight excluding hydrogens is 280 g/mol. The number of nitrogens with one attached hydrogen (secondary N) is 1. The average molecular weight is 297 g/mol. The first-order valence-electron chi connectivity index (χ1n) is 7.34. The Bertz CT molecular complexity index is 806. The Morgan fingerprint density at radius 3 is 2.67 bits per heavy atom. The molecule has 3 N–H and O–H groups in total.